The zero-order valence-electron chi connectivity index (χ0n) is 9.02. The van der Waals surface area contributed by atoms with Crippen molar-refractivity contribution in [3.05, 3.63) is 11.1 Å². The summed E-state index contributed by atoms with van der Waals surface area (Å²) in [6.07, 6.45) is 1.73. The normalized spacial score (nSPS) is 10.1. The summed E-state index contributed by atoms with van der Waals surface area (Å²) < 4.78 is 0. The number of hydrogen-bond acceptors (Lipinski definition) is 4. The molecule has 0 aromatic carbocycles. The Balaban J connectivity index is 2.40. The van der Waals surface area contributed by atoms with E-state index >= 15 is 0 Å². The van der Waals surface area contributed by atoms with Crippen LogP contribution in [0.3, 0.4) is 0 Å². The highest BCUT2D eigenvalue weighted by atomic mass is 32.1. The summed E-state index contributed by atoms with van der Waals surface area (Å²) in [6.45, 7) is 2.06. The summed E-state index contributed by atoms with van der Waals surface area (Å²) in [4.78, 5) is 25.7. The van der Waals surface area contributed by atoms with E-state index in [1.807, 2.05) is 5.38 Å². The van der Waals surface area contributed by atoms with Gasteiger partial charge >= 0.3 is 5.97 Å². The van der Waals surface area contributed by atoms with Gasteiger partial charge < -0.3 is 10.4 Å². The number of nitrogens with one attached hydrogen (secondary N) is 1. The van der Waals surface area contributed by atoms with Gasteiger partial charge in [0.2, 0.25) is 5.91 Å². The molecule has 1 rings (SSSR count). The molecule has 1 heterocycles. The average molecular weight is 242 g/mol. The van der Waals surface area contributed by atoms with Crippen LogP contribution in [0.5, 0.6) is 0 Å². The van der Waals surface area contributed by atoms with E-state index in [1.54, 1.807) is 0 Å². The fourth-order valence-electron chi connectivity index (χ4n) is 1.14. The molecule has 0 bridgehead atoms. The van der Waals surface area contributed by atoms with Gasteiger partial charge in [0.05, 0.1) is 12.1 Å². The SMILES string of the molecule is CCCc1csc(NC(=O)CCC(=O)O)n1. The summed E-state index contributed by atoms with van der Waals surface area (Å²) in [5.41, 5.74) is 0.959. The van der Waals surface area contributed by atoms with Gasteiger partial charge in [0.25, 0.3) is 0 Å². The van der Waals surface area contributed by atoms with Gasteiger partial charge in [-0.3, -0.25) is 9.59 Å². The van der Waals surface area contributed by atoms with Crippen LogP contribution in [-0.2, 0) is 16.0 Å². The third kappa shape index (κ3) is 4.39. The highest BCUT2D eigenvalue weighted by Gasteiger charge is 2.08. The molecule has 16 heavy (non-hydrogen) atoms. The van der Waals surface area contributed by atoms with Crippen LogP contribution in [0.1, 0.15) is 31.9 Å². The molecule has 0 radical (unpaired) electrons. The summed E-state index contributed by atoms with van der Waals surface area (Å²) in [7, 11) is 0. The Hall–Kier alpha value is -1.43. The van der Waals surface area contributed by atoms with Crippen molar-refractivity contribution in [1.29, 1.82) is 0 Å². The van der Waals surface area contributed by atoms with Crippen molar-refractivity contribution in [2.75, 3.05) is 5.32 Å². The smallest absolute Gasteiger partial charge is 0.303 e. The topological polar surface area (TPSA) is 79.3 Å². The predicted octanol–water partition coefficient (Wildman–Crippen LogP) is 1.90. The first kappa shape index (κ1) is 12.6. The first-order chi connectivity index (χ1) is 7.61. The highest BCUT2D eigenvalue weighted by Crippen LogP contribution is 2.16. The van der Waals surface area contributed by atoms with Gasteiger partial charge in [0.15, 0.2) is 5.13 Å². The van der Waals surface area contributed by atoms with Gasteiger partial charge in [0, 0.05) is 11.8 Å². The van der Waals surface area contributed by atoms with Crippen molar-refractivity contribution in [3.8, 4) is 0 Å². The molecule has 0 aliphatic heterocycles. The van der Waals surface area contributed by atoms with Crippen molar-refractivity contribution < 1.29 is 14.7 Å². The van der Waals surface area contributed by atoms with Crippen LogP contribution in [0.15, 0.2) is 5.38 Å². The van der Waals surface area contributed by atoms with E-state index in [2.05, 4.69) is 17.2 Å². The lowest BCUT2D eigenvalue weighted by Crippen LogP contribution is -2.13. The molecule has 2 N–H and O–H groups in total. The molecular weight excluding hydrogens is 228 g/mol. The second kappa shape index (κ2) is 6.22. The Morgan fingerprint density at radius 1 is 1.50 bits per heavy atom. The number of amides is 1. The molecule has 6 heteroatoms. The van der Waals surface area contributed by atoms with E-state index in [4.69, 9.17) is 5.11 Å². The maximum Gasteiger partial charge on any atom is 0.303 e. The first-order valence-electron chi connectivity index (χ1n) is 5.08. The Labute approximate surface area is 97.5 Å². The lowest BCUT2D eigenvalue weighted by atomic mass is 10.3. The minimum atomic E-state index is -0.971. The fourth-order valence-corrected chi connectivity index (χ4v) is 1.90. The van der Waals surface area contributed by atoms with Gasteiger partial charge in [-0.05, 0) is 6.42 Å². The Bertz CT molecular complexity index is 376. The number of nitrogens with zero attached hydrogens (tertiary/aromatic N) is 1. The molecule has 0 saturated carbocycles. The minimum Gasteiger partial charge on any atom is -0.481 e. The molecular formula is C10H14N2O3S. The highest BCUT2D eigenvalue weighted by molar-refractivity contribution is 7.13. The number of aromatic nitrogens is 1. The lowest BCUT2D eigenvalue weighted by molar-refractivity contribution is -0.138. The molecule has 88 valence electrons. The molecule has 1 amide bonds. The number of carboxylic acid groups (broad SMARTS) is 1. The van der Waals surface area contributed by atoms with E-state index < -0.39 is 5.97 Å². The zero-order chi connectivity index (χ0) is 12.0. The monoisotopic (exact) mass is 242 g/mol. The number of rotatable bonds is 6. The summed E-state index contributed by atoms with van der Waals surface area (Å²) in [6, 6.07) is 0. The number of aryl methyl sites for hydroxylation is 1. The molecule has 0 aliphatic rings. The van der Waals surface area contributed by atoms with Gasteiger partial charge in [-0.25, -0.2) is 4.98 Å². The van der Waals surface area contributed by atoms with Gasteiger partial charge in [-0.2, -0.15) is 0 Å². The number of anilines is 1. The Kier molecular flexibility index (Phi) is 4.91. The van der Waals surface area contributed by atoms with E-state index in [1.165, 1.54) is 11.3 Å². The number of thiazole rings is 1. The van der Waals surface area contributed by atoms with Crippen LogP contribution in [-0.4, -0.2) is 22.0 Å². The lowest BCUT2D eigenvalue weighted by Gasteiger charge is -1.98. The summed E-state index contributed by atoms with van der Waals surface area (Å²) in [5, 5.41) is 13.4. The zero-order valence-corrected chi connectivity index (χ0v) is 9.84. The molecule has 0 saturated heterocycles. The van der Waals surface area contributed by atoms with Crippen LogP contribution in [0, 0.1) is 0 Å². The standard InChI is InChI=1S/C10H14N2O3S/c1-2-3-7-6-16-10(11-7)12-8(13)4-5-9(14)15/h6H,2-5H2,1H3,(H,14,15)(H,11,12,13). The van der Waals surface area contributed by atoms with Gasteiger partial charge in [-0.15, -0.1) is 11.3 Å². The molecule has 0 aliphatic carbocycles. The average Bonchev–Trinajstić information content (AvgIpc) is 2.63. The minimum absolute atomic E-state index is 0.0158. The number of carbonyl (C=O) groups excluding carboxylic acids is 1. The Morgan fingerprint density at radius 3 is 2.88 bits per heavy atom. The first-order valence-corrected chi connectivity index (χ1v) is 5.95. The van der Waals surface area contributed by atoms with Crippen LogP contribution >= 0.6 is 11.3 Å². The maximum absolute atomic E-state index is 11.3. The Morgan fingerprint density at radius 2 is 2.25 bits per heavy atom. The van der Waals surface area contributed by atoms with Crippen molar-refractivity contribution >= 4 is 28.3 Å². The molecule has 0 spiro atoms. The number of carboxylic acids is 1. The van der Waals surface area contributed by atoms with Crippen molar-refractivity contribution in [2.24, 2.45) is 0 Å². The fraction of sp³-hybridized carbons (Fsp3) is 0.500. The van der Waals surface area contributed by atoms with E-state index in [-0.39, 0.29) is 18.7 Å². The van der Waals surface area contributed by atoms with Crippen LogP contribution in [0.4, 0.5) is 5.13 Å². The largest absolute Gasteiger partial charge is 0.481 e. The number of carbonyl (C=O) groups is 2. The predicted molar refractivity (Wildman–Crippen MR) is 61.6 cm³/mol. The molecule has 0 atom stereocenters. The summed E-state index contributed by atoms with van der Waals surface area (Å²) in [5.74, 6) is -1.28. The third-order valence-corrected chi connectivity index (χ3v) is 2.68. The second-order valence-electron chi connectivity index (χ2n) is 3.34. The number of hydrogen-bond donors (Lipinski definition) is 2. The molecule has 0 fully saturated rings. The third-order valence-electron chi connectivity index (χ3n) is 1.87. The van der Waals surface area contributed by atoms with Crippen molar-refractivity contribution in [2.45, 2.75) is 32.6 Å². The van der Waals surface area contributed by atoms with Gasteiger partial charge in [0.1, 0.15) is 0 Å². The van der Waals surface area contributed by atoms with Crippen LogP contribution in [0.2, 0.25) is 0 Å². The number of aliphatic carboxylic acids is 1. The molecule has 5 nitrogen and oxygen atoms in total. The quantitative estimate of drug-likeness (QED) is 0.798. The summed E-state index contributed by atoms with van der Waals surface area (Å²) >= 11 is 1.36. The van der Waals surface area contributed by atoms with E-state index in [9.17, 15) is 9.59 Å². The van der Waals surface area contributed by atoms with Crippen molar-refractivity contribution in [1.82, 2.24) is 4.98 Å². The molecule has 1 aromatic rings. The molecule has 0 unspecified atom stereocenters. The van der Waals surface area contributed by atoms with E-state index in [0.29, 0.717) is 5.13 Å². The van der Waals surface area contributed by atoms with Crippen LogP contribution in [0.25, 0.3) is 0 Å². The molecule has 1 aromatic heterocycles. The van der Waals surface area contributed by atoms with E-state index in [0.717, 1.165) is 18.5 Å². The van der Waals surface area contributed by atoms with Crippen molar-refractivity contribution in [3.63, 3.8) is 0 Å². The van der Waals surface area contributed by atoms with Gasteiger partial charge in [-0.1, -0.05) is 13.3 Å². The van der Waals surface area contributed by atoms with Crippen LogP contribution < -0.4 is 5.32 Å². The maximum atomic E-state index is 11.3. The second-order valence-corrected chi connectivity index (χ2v) is 4.19.